The summed E-state index contributed by atoms with van der Waals surface area (Å²) in [5, 5.41) is 0. The van der Waals surface area contributed by atoms with Crippen LogP contribution in [-0.4, -0.2) is 41.4 Å². The minimum absolute atomic E-state index is 0.240. The smallest absolute Gasteiger partial charge is 0.232 e. The molecule has 18 heavy (non-hydrogen) atoms. The topological polar surface area (TPSA) is 46.3 Å². The van der Waals surface area contributed by atoms with Gasteiger partial charge in [-0.3, -0.25) is 4.79 Å². The normalized spacial score (nSPS) is 12.4. The van der Waals surface area contributed by atoms with Crippen LogP contribution in [0.4, 0.5) is 0 Å². The predicted molar refractivity (Wildman–Crippen MR) is 82.0 cm³/mol. The van der Waals surface area contributed by atoms with E-state index in [1.807, 2.05) is 11.8 Å². The van der Waals surface area contributed by atoms with Crippen molar-refractivity contribution in [1.82, 2.24) is 4.90 Å². The predicted octanol–water partition coefficient (Wildman–Crippen LogP) is 2.89. The van der Waals surface area contributed by atoms with Gasteiger partial charge in [-0.15, -0.1) is 0 Å². The van der Waals surface area contributed by atoms with Crippen LogP contribution in [0.25, 0.3) is 0 Å². The molecule has 0 rings (SSSR count). The van der Waals surface area contributed by atoms with E-state index in [0.29, 0.717) is 11.7 Å². The van der Waals surface area contributed by atoms with Gasteiger partial charge < -0.3 is 10.6 Å². The van der Waals surface area contributed by atoms with Crippen LogP contribution in [-0.2, 0) is 4.79 Å². The number of hydrogen-bond acceptors (Lipinski definition) is 3. The molecular formula is C14H30N2OS. The van der Waals surface area contributed by atoms with Gasteiger partial charge in [-0.1, -0.05) is 26.7 Å². The molecule has 0 aliphatic heterocycles. The molecule has 0 aliphatic rings. The van der Waals surface area contributed by atoms with Crippen LogP contribution < -0.4 is 5.73 Å². The van der Waals surface area contributed by atoms with E-state index in [4.69, 9.17) is 5.73 Å². The Bertz CT molecular complexity index is 202. The minimum atomic E-state index is 0.240. The van der Waals surface area contributed by atoms with Crippen LogP contribution in [0.15, 0.2) is 0 Å². The first-order valence-electron chi connectivity index (χ1n) is 7.22. The van der Waals surface area contributed by atoms with Gasteiger partial charge in [0.15, 0.2) is 0 Å². The molecular weight excluding hydrogens is 244 g/mol. The summed E-state index contributed by atoms with van der Waals surface area (Å²) < 4.78 is 0. The van der Waals surface area contributed by atoms with Gasteiger partial charge in [0.05, 0.1) is 5.75 Å². The maximum atomic E-state index is 12.1. The van der Waals surface area contributed by atoms with Crippen molar-refractivity contribution in [3.8, 4) is 0 Å². The second-order valence-corrected chi connectivity index (χ2v) is 6.01. The second-order valence-electron chi connectivity index (χ2n) is 4.91. The molecule has 0 heterocycles. The summed E-state index contributed by atoms with van der Waals surface area (Å²) in [6.07, 6.45) is 5.50. The molecule has 0 aliphatic carbocycles. The largest absolute Gasteiger partial charge is 0.342 e. The number of carbonyl (C=O) groups excluding carboxylic acids is 1. The van der Waals surface area contributed by atoms with Gasteiger partial charge in [0, 0.05) is 19.1 Å². The molecule has 4 heteroatoms. The first-order chi connectivity index (χ1) is 8.61. The van der Waals surface area contributed by atoms with Crippen molar-refractivity contribution in [2.24, 2.45) is 5.73 Å². The van der Waals surface area contributed by atoms with Crippen molar-refractivity contribution in [3.05, 3.63) is 0 Å². The average Bonchev–Trinajstić information content (AvgIpc) is 2.34. The number of carbonyl (C=O) groups is 1. The van der Waals surface area contributed by atoms with E-state index in [0.717, 1.165) is 50.9 Å². The van der Waals surface area contributed by atoms with Crippen LogP contribution in [0.5, 0.6) is 0 Å². The quantitative estimate of drug-likeness (QED) is 0.589. The fraction of sp³-hybridized carbons (Fsp3) is 0.929. The van der Waals surface area contributed by atoms with Gasteiger partial charge >= 0.3 is 0 Å². The number of nitrogens with two attached hydrogens (primary N) is 1. The van der Waals surface area contributed by atoms with Gasteiger partial charge in [-0.25, -0.2) is 0 Å². The van der Waals surface area contributed by atoms with E-state index in [-0.39, 0.29) is 6.04 Å². The molecule has 0 fully saturated rings. The van der Waals surface area contributed by atoms with Gasteiger partial charge in [0.1, 0.15) is 0 Å². The third kappa shape index (κ3) is 9.77. The molecule has 0 bridgehead atoms. The molecule has 1 atom stereocenters. The lowest BCUT2D eigenvalue weighted by molar-refractivity contribution is -0.128. The van der Waals surface area contributed by atoms with Crippen LogP contribution in [0.1, 0.15) is 52.9 Å². The first-order valence-corrected chi connectivity index (χ1v) is 8.38. The molecule has 0 aromatic carbocycles. The summed E-state index contributed by atoms with van der Waals surface area (Å²) in [6.45, 7) is 8.18. The number of unbranched alkanes of at least 4 members (excludes halogenated alkanes) is 2. The van der Waals surface area contributed by atoms with Crippen molar-refractivity contribution < 1.29 is 4.79 Å². The lowest BCUT2D eigenvalue weighted by Gasteiger charge is -2.22. The van der Waals surface area contributed by atoms with E-state index in [9.17, 15) is 4.79 Å². The molecule has 3 nitrogen and oxygen atoms in total. The van der Waals surface area contributed by atoms with E-state index in [2.05, 4.69) is 13.8 Å². The molecule has 1 amide bonds. The summed E-state index contributed by atoms with van der Waals surface area (Å²) in [7, 11) is 0. The highest BCUT2D eigenvalue weighted by atomic mass is 32.2. The van der Waals surface area contributed by atoms with Crippen molar-refractivity contribution in [2.75, 3.05) is 24.6 Å². The fourth-order valence-electron chi connectivity index (χ4n) is 1.58. The molecule has 2 N–H and O–H groups in total. The highest BCUT2D eigenvalue weighted by Crippen LogP contribution is 2.08. The summed E-state index contributed by atoms with van der Waals surface area (Å²) in [5.41, 5.74) is 5.69. The number of rotatable bonds is 11. The van der Waals surface area contributed by atoms with Crippen LogP contribution >= 0.6 is 11.8 Å². The maximum Gasteiger partial charge on any atom is 0.232 e. The molecule has 0 saturated heterocycles. The zero-order valence-corrected chi connectivity index (χ0v) is 13.1. The zero-order chi connectivity index (χ0) is 13.8. The van der Waals surface area contributed by atoms with Crippen LogP contribution in [0, 0.1) is 0 Å². The van der Waals surface area contributed by atoms with E-state index in [1.54, 1.807) is 11.8 Å². The molecule has 108 valence electrons. The van der Waals surface area contributed by atoms with Gasteiger partial charge in [-0.2, -0.15) is 11.8 Å². The van der Waals surface area contributed by atoms with E-state index >= 15 is 0 Å². The SMILES string of the molecule is CCCCN(CCCC)C(=O)CSCCC(C)N. The lowest BCUT2D eigenvalue weighted by Crippen LogP contribution is -2.34. The number of amides is 1. The zero-order valence-electron chi connectivity index (χ0n) is 12.3. The molecule has 0 saturated carbocycles. The molecule has 1 unspecified atom stereocenters. The second kappa shape index (κ2) is 11.8. The highest BCUT2D eigenvalue weighted by molar-refractivity contribution is 7.99. The van der Waals surface area contributed by atoms with E-state index < -0.39 is 0 Å². The summed E-state index contributed by atoms with van der Waals surface area (Å²) in [6, 6.07) is 0.240. The Labute approximate surface area is 117 Å². The molecule has 0 spiro atoms. The Kier molecular flexibility index (Phi) is 11.7. The van der Waals surface area contributed by atoms with Gasteiger partial charge in [0.2, 0.25) is 5.91 Å². The Morgan fingerprint density at radius 1 is 1.22 bits per heavy atom. The summed E-state index contributed by atoms with van der Waals surface area (Å²) in [4.78, 5) is 14.1. The average molecular weight is 274 g/mol. The Balaban J connectivity index is 3.88. The standard InChI is InChI=1S/C14H30N2OS/c1-4-6-9-16(10-7-5-2)14(17)12-18-11-8-13(3)15/h13H,4-12,15H2,1-3H3. The van der Waals surface area contributed by atoms with Crippen molar-refractivity contribution >= 4 is 17.7 Å². The lowest BCUT2D eigenvalue weighted by atomic mass is 10.2. The first kappa shape index (κ1) is 17.8. The Hall–Kier alpha value is -0.220. The molecule has 0 aromatic rings. The van der Waals surface area contributed by atoms with Gasteiger partial charge in [0.25, 0.3) is 0 Å². The number of hydrogen-bond donors (Lipinski definition) is 1. The Morgan fingerprint density at radius 3 is 2.22 bits per heavy atom. The number of nitrogens with zero attached hydrogens (tertiary/aromatic N) is 1. The minimum Gasteiger partial charge on any atom is -0.342 e. The van der Waals surface area contributed by atoms with Crippen molar-refractivity contribution in [3.63, 3.8) is 0 Å². The van der Waals surface area contributed by atoms with Crippen LogP contribution in [0.2, 0.25) is 0 Å². The number of thioether (sulfide) groups is 1. The third-order valence-electron chi connectivity index (χ3n) is 2.86. The maximum absolute atomic E-state index is 12.1. The van der Waals surface area contributed by atoms with Gasteiger partial charge in [-0.05, 0) is 31.9 Å². The van der Waals surface area contributed by atoms with Crippen molar-refractivity contribution in [2.45, 2.75) is 58.9 Å². The highest BCUT2D eigenvalue weighted by Gasteiger charge is 2.12. The summed E-state index contributed by atoms with van der Waals surface area (Å²) >= 11 is 1.71. The third-order valence-corrected chi connectivity index (χ3v) is 3.83. The van der Waals surface area contributed by atoms with E-state index in [1.165, 1.54) is 0 Å². The van der Waals surface area contributed by atoms with Crippen molar-refractivity contribution in [1.29, 1.82) is 0 Å². The Morgan fingerprint density at radius 2 is 1.78 bits per heavy atom. The molecule has 0 aromatic heterocycles. The molecule has 0 radical (unpaired) electrons. The monoisotopic (exact) mass is 274 g/mol. The summed E-state index contributed by atoms with van der Waals surface area (Å²) in [5.74, 6) is 1.89. The fourth-order valence-corrected chi connectivity index (χ4v) is 2.62. The van der Waals surface area contributed by atoms with Crippen LogP contribution in [0.3, 0.4) is 0 Å².